The Morgan fingerprint density at radius 3 is 2.89 bits per heavy atom. The Morgan fingerprint density at radius 2 is 2.11 bits per heavy atom. The van der Waals surface area contributed by atoms with Crippen molar-refractivity contribution >= 4 is 22.1 Å². The summed E-state index contributed by atoms with van der Waals surface area (Å²) in [5.41, 5.74) is 7.87. The molecule has 1 aromatic carbocycles. The zero-order valence-electron chi connectivity index (χ0n) is 10.4. The average Bonchev–Trinajstić information content (AvgIpc) is 2.36. The van der Waals surface area contributed by atoms with Gasteiger partial charge in [0.15, 0.2) is 0 Å². The van der Waals surface area contributed by atoms with Crippen LogP contribution >= 0.6 is 0 Å². The minimum absolute atomic E-state index is 0.403. The fourth-order valence-corrected chi connectivity index (χ4v) is 2.44. The number of nitrogens with zero attached hydrogens (tertiary/aromatic N) is 1. The van der Waals surface area contributed by atoms with Crippen molar-refractivity contribution in [3.05, 3.63) is 30.6 Å². The van der Waals surface area contributed by atoms with Crippen molar-refractivity contribution in [2.24, 2.45) is 0 Å². The predicted octanol–water partition coefficient (Wildman–Crippen LogP) is 2.41. The minimum atomic E-state index is 0.403. The van der Waals surface area contributed by atoms with E-state index in [1.54, 1.807) is 13.3 Å². The third kappa shape index (κ3) is 1.88. The molecule has 18 heavy (non-hydrogen) atoms. The van der Waals surface area contributed by atoms with Gasteiger partial charge in [0.25, 0.3) is 0 Å². The van der Waals surface area contributed by atoms with Crippen LogP contribution in [0.15, 0.2) is 30.6 Å². The number of rotatable bonds is 3. The van der Waals surface area contributed by atoms with Crippen LogP contribution in [0.2, 0.25) is 0 Å². The highest BCUT2D eigenvalue weighted by molar-refractivity contribution is 6.00. The van der Waals surface area contributed by atoms with Crippen molar-refractivity contribution in [3.63, 3.8) is 0 Å². The normalized spacial score (nSPS) is 22.7. The first-order valence-corrected chi connectivity index (χ1v) is 6.19. The van der Waals surface area contributed by atoms with Crippen LogP contribution in [0.25, 0.3) is 10.8 Å². The topological polar surface area (TPSA) is 60.2 Å². The van der Waals surface area contributed by atoms with Crippen molar-refractivity contribution in [1.29, 1.82) is 0 Å². The molecule has 1 fully saturated rings. The zero-order chi connectivity index (χ0) is 12.5. The van der Waals surface area contributed by atoms with E-state index < -0.39 is 0 Å². The van der Waals surface area contributed by atoms with Crippen LogP contribution in [0, 0.1) is 0 Å². The van der Waals surface area contributed by atoms with E-state index in [-0.39, 0.29) is 0 Å². The van der Waals surface area contributed by atoms with E-state index in [0.717, 1.165) is 35.0 Å². The van der Waals surface area contributed by atoms with E-state index in [9.17, 15) is 0 Å². The quantitative estimate of drug-likeness (QED) is 0.813. The lowest BCUT2D eigenvalue weighted by Gasteiger charge is -2.35. The Morgan fingerprint density at radius 1 is 1.28 bits per heavy atom. The number of pyridine rings is 1. The summed E-state index contributed by atoms with van der Waals surface area (Å²) in [5, 5.41) is 5.67. The van der Waals surface area contributed by atoms with Crippen molar-refractivity contribution < 1.29 is 4.74 Å². The second-order valence-electron chi connectivity index (χ2n) is 4.79. The molecule has 0 bridgehead atoms. The van der Waals surface area contributed by atoms with E-state index in [4.69, 9.17) is 10.5 Å². The summed E-state index contributed by atoms with van der Waals surface area (Å²) >= 11 is 0. The monoisotopic (exact) mass is 243 g/mol. The van der Waals surface area contributed by atoms with E-state index >= 15 is 0 Å². The second-order valence-corrected chi connectivity index (χ2v) is 4.79. The van der Waals surface area contributed by atoms with Crippen molar-refractivity contribution in [3.8, 4) is 0 Å². The summed E-state index contributed by atoms with van der Waals surface area (Å²) in [7, 11) is 1.77. The van der Waals surface area contributed by atoms with Gasteiger partial charge in [0, 0.05) is 47.7 Å². The number of nitrogens with two attached hydrogens (primary N) is 1. The molecular formula is C14H17N3O. The number of nitrogens with one attached hydrogen (secondary N) is 1. The molecule has 1 aliphatic rings. The molecule has 1 saturated carbocycles. The second kappa shape index (κ2) is 4.46. The number of nitrogen functional groups attached to an aromatic ring is 1. The smallest absolute Gasteiger partial charge is 0.0610 e. The van der Waals surface area contributed by atoms with Crippen LogP contribution in [0.3, 0.4) is 0 Å². The lowest BCUT2D eigenvalue weighted by Crippen LogP contribution is -2.40. The Kier molecular flexibility index (Phi) is 2.80. The highest BCUT2D eigenvalue weighted by atomic mass is 16.5. The van der Waals surface area contributed by atoms with E-state index in [0.29, 0.717) is 12.1 Å². The van der Waals surface area contributed by atoms with Crippen LogP contribution in [-0.4, -0.2) is 24.2 Å². The standard InChI is InChI=1S/C14H17N3O/c1-18-10-6-9(7-10)17-14-3-2-13(15)11-4-5-16-8-12(11)14/h2-5,8-10,17H,6-7,15H2,1H3. The summed E-state index contributed by atoms with van der Waals surface area (Å²) < 4.78 is 5.29. The zero-order valence-corrected chi connectivity index (χ0v) is 10.4. The van der Waals surface area contributed by atoms with Crippen LogP contribution in [0.1, 0.15) is 12.8 Å². The molecule has 1 aliphatic carbocycles. The number of hydrogen-bond acceptors (Lipinski definition) is 4. The molecule has 4 nitrogen and oxygen atoms in total. The Labute approximate surface area is 106 Å². The van der Waals surface area contributed by atoms with E-state index in [1.165, 1.54) is 0 Å². The fourth-order valence-electron chi connectivity index (χ4n) is 2.44. The Bertz CT molecular complexity index is 564. The molecule has 94 valence electrons. The van der Waals surface area contributed by atoms with Gasteiger partial charge in [-0.3, -0.25) is 4.98 Å². The maximum absolute atomic E-state index is 5.97. The number of fused-ring (bicyclic) bond motifs is 1. The maximum Gasteiger partial charge on any atom is 0.0610 e. The van der Waals surface area contributed by atoms with Crippen LogP contribution in [0.5, 0.6) is 0 Å². The number of benzene rings is 1. The Balaban J connectivity index is 1.87. The molecule has 1 heterocycles. The van der Waals surface area contributed by atoms with Crippen molar-refractivity contribution in [2.45, 2.75) is 25.0 Å². The van der Waals surface area contributed by atoms with Gasteiger partial charge in [0.05, 0.1) is 6.10 Å². The molecule has 0 saturated heterocycles. The maximum atomic E-state index is 5.97. The van der Waals surface area contributed by atoms with Crippen LogP contribution < -0.4 is 11.1 Å². The third-order valence-corrected chi connectivity index (χ3v) is 3.64. The number of anilines is 2. The average molecular weight is 243 g/mol. The SMILES string of the molecule is COC1CC(Nc2ccc(N)c3ccncc23)C1. The third-order valence-electron chi connectivity index (χ3n) is 3.64. The van der Waals surface area contributed by atoms with Gasteiger partial charge in [0.2, 0.25) is 0 Å². The summed E-state index contributed by atoms with van der Waals surface area (Å²) in [6.45, 7) is 0. The summed E-state index contributed by atoms with van der Waals surface area (Å²) in [6.07, 6.45) is 6.15. The highest BCUT2D eigenvalue weighted by Gasteiger charge is 2.29. The Hall–Kier alpha value is -1.81. The van der Waals surface area contributed by atoms with Gasteiger partial charge in [-0.25, -0.2) is 0 Å². The minimum Gasteiger partial charge on any atom is -0.398 e. The first kappa shape index (κ1) is 11.3. The van der Waals surface area contributed by atoms with Gasteiger partial charge < -0.3 is 15.8 Å². The molecule has 2 aromatic rings. The molecule has 0 unspecified atom stereocenters. The van der Waals surface area contributed by atoms with Gasteiger partial charge >= 0.3 is 0 Å². The molecule has 0 spiro atoms. The molecule has 3 N–H and O–H groups in total. The van der Waals surface area contributed by atoms with E-state index in [2.05, 4.69) is 10.3 Å². The van der Waals surface area contributed by atoms with Gasteiger partial charge in [-0.15, -0.1) is 0 Å². The molecule has 0 radical (unpaired) electrons. The lowest BCUT2D eigenvalue weighted by molar-refractivity contribution is 0.0329. The predicted molar refractivity (Wildman–Crippen MR) is 73.6 cm³/mol. The van der Waals surface area contributed by atoms with Gasteiger partial charge in [0.1, 0.15) is 0 Å². The van der Waals surface area contributed by atoms with Crippen LogP contribution in [-0.2, 0) is 4.74 Å². The molecule has 0 aliphatic heterocycles. The first-order valence-electron chi connectivity index (χ1n) is 6.19. The van der Waals surface area contributed by atoms with Crippen molar-refractivity contribution in [2.75, 3.05) is 18.2 Å². The van der Waals surface area contributed by atoms with Gasteiger partial charge in [-0.05, 0) is 31.0 Å². The number of hydrogen-bond donors (Lipinski definition) is 2. The number of ether oxygens (including phenoxy) is 1. The molecule has 0 atom stereocenters. The van der Waals surface area contributed by atoms with Crippen molar-refractivity contribution in [1.82, 2.24) is 4.98 Å². The number of methoxy groups -OCH3 is 1. The lowest BCUT2D eigenvalue weighted by atomic mass is 9.89. The largest absolute Gasteiger partial charge is 0.398 e. The molecule has 0 amide bonds. The first-order chi connectivity index (χ1) is 8.78. The molecule has 1 aromatic heterocycles. The summed E-state index contributed by atoms with van der Waals surface area (Å²) in [6, 6.07) is 6.41. The number of aromatic nitrogens is 1. The van der Waals surface area contributed by atoms with Gasteiger partial charge in [-0.1, -0.05) is 0 Å². The van der Waals surface area contributed by atoms with Crippen LogP contribution in [0.4, 0.5) is 11.4 Å². The highest BCUT2D eigenvalue weighted by Crippen LogP contribution is 2.31. The summed E-state index contributed by atoms with van der Waals surface area (Å²) in [5.74, 6) is 0. The van der Waals surface area contributed by atoms with Gasteiger partial charge in [-0.2, -0.15) is 0 Å². The summed E-state index contributed by atoms with van der Waals surface area (Å²) in [4.78, 5) is 4.18. The molecule has 3 rings (SSSR count). The fraction of sp³-hybridized carbons (Fsp3) is 0.357. The molecular weight excluding hydrogens is 226 g/mol. The molecule has 4 heteroatoms. The van der Waals surface area contributed by atoms with E-state index in [1.807, 2.05) is 24.4 Å².